The number of H-pyrrole nitrogens is 1. The Bertz CT molecular complexity index is 453. The van der Waals surface area contributed by atoms with E-state index in [-0.39, 0.29) is 17.0 Å². The van der Waals surface area contributed by atoms with Crippen molar-refractivity contribution in [3.8, 4) is 0 Å². The second-order valence-electron chi connectivity index (χ2n) is 3.20. The van der Waals surface area contributed by atoms with Crippen LogP contribution < -0.4 is 0 Å². The van der Waals surface area contributed by atoms with Crippen LogP contribution >= 0.6 is 23.2 Å². The fourth-order valence-electron chi connectivity index (χ4n) is 1.45. The van der Waals surface area contributed by atoms with Crippen LogP contribution in [0.4, 0.5) is 0 Å². The lowest BCUT2D eigenvalue weighted by molar-refractivity contribution is 0.0592. The molecular formula is C10H11Cl2NO4. The smallest absolute Gasteiger partial charge is 0.354 e. The number of halogens is 2. The number of carbonyl (C=O) groups excluding carboxylic acids is 2. The zero-order valence-electron chi connectivity index (χ0n) is 9.47. The molecule has 17 heavy (non-hydrogen) atoms. The lowest BCUT2D eigenvalue weighted by Crippen LogP contribution is -2.06. The van der Waals surface area contributed by atoms with E-state index in [2.05, 4.69) is 14.5 Å². The second kappa shape index (κ2) is 5.42. The second-order valence-corrected chi connectivity index (χ2v) is 4.29. The molecule has 5 nitrogen and oxygen atoms in total. The van der Waals surface area contributed by atoms with E-state index in [0.29, 0.717) is 5.56 Å². The first kappa shape index (κ1) is 13.9. The van der Waals surface area contributed by atoms with Gasteiger partial charge in [-0.25, -0.2) is 9.59 Å². The molecule has 0 aliphatic rings. The molecule has 94 valence electrons. The van der Waals surface area contributed by atoms with Gasteiger partial charge >= 0.3 is 11.9 Å². The van der Waals surface area contributed by atoms with Crippen LogP contribution in [0.3, 0.4) is 0 Å². The molecule has 0 saturated carbocycles. The van der Waals surface area contributed by atoms with E-state index in [9.17, 15) is 9.59 Å². The number of aromatic nitrogens is 1. The van der Waals surface area contributed by atoms with E-state index >= 15 is 0 Å². The van der Waals surface area contributed by atoms with Crippen molar-refractivity contribution in [1.82, 2.24) is 4.98 Å². The first-order chi connectivity index (χ1) is 7.93. The van der Waals surface area contributed by atoms with Gasteiger partial charge < -0.3 is 14.5 Å². The van der Waals surface area contributed by atoms with Gasteiger partial charge in [-0.1, -0.05) is 23.2 Å². The van der Waals surface area contributed by atoms with Crippen molar-refractivity contribution in [2.24, 2.45) is 0 Å². The van der Waals surface area contributed by atoms with Crippen molar-refractivity contribution in [3.05, 3.63) is 22.5 Å². The average molecular weight is 280 g/mol. The summed E-state index contributed by atoms with van der Waals surface area (Å²) < 4.78 is 9.18. The van der Waals surface area contributed by atoms with E-state index in [1.54, 1.807) is 6.92 Å². The summed E-state index contributed by atoms with van der Waals surface area (Å²) in [4.78, 5) is 24.7. The van der Waals surface area contributed by atoms with Gasteiger partial charge in [-0.05, 0) is 12.5 Å². The third-order valence-corrected chi connectivity index (χ3v) is 2.71. The predicted octanol–water partition coefficient (Wildman–Crippen LogP) is 2.37. The van der Waals surface area contributed by atoms with Gasteiger partial charge in [0.2, 0.25) is 0 Å². The molecule has 0 unspecified atom stereocenters. The van der Waals surface area contributed by atoms with Gasteiger partial charge in [0.1, 0.15) is 10.5 Å². The third-order valence-electron chi connectivity index (χ3n) is 2.28. The Hall–Kier alpha value is -1.20. The summed E-state index contributed by atoms with van der Waals surface area (Å²) in [6, 6.07) is 0. The molecule has 0 spiro atoms. The lowest BCUT2D eigenvalue weighted by atomic mass is 10.1. The molecule has 1 aromatic heterocycles. The first-order valence-corrected chi connectivity index (χ1v) is 5.48. The molecule has 7 heteroatoms. The number of ether oxygens (including phenoxy) is 2. The van der Waals surface area contributed by atoms with E-state index < -0.39 is 16.8 Å². The van der Waals surface area contributed by atoms with Gasteiger partial charge in [0.05, 0.1) is 25.5 Å². The summed E-state index contributed by atoms with van der Waals surface area (Å²) in [7, 11) is 2.47. The molecule has 0 aromatic carbocycles. The first-order valence-electron chi connectivity index (χ1n) is 4.61. The van der Waals surface area contributed by atoms with Crippen LogP contribution in [-0.4, -0.2) is 31.1 Å². The minimum atomic E-state index is -0.971. The Kier molecular flexibility index (Phi) is 4.42. The maximum absolute atomic E-state index is 11.6. The minimum absolute atomic E-state index is 0.134. The number of carbonyl (C=O) groups is 2. The van der Waals surface area contributed by atoms with Crippen LogP contribution in [0.1, 0.15) is 36.9 Å². The molecule has 1 aromatic rings. The van der Waals surface area contributed by atoms with Gasteiger partial charge in [0.15, 0.2) is 0 Å². The molecule has 1 N–H and O–H groups in total. The minimum Gasteiger partial charge on any atom is -0.465 e. The Morgan fingerprint density at radius 2 is 1.71 bits per heavy atom. The summed E-state index contributed by atoms with van der Waals surface area (Å²) >= 11 is 11.4. The maximum atomic E-state index is 11.6. The zero-order valence-corrected chi connectivity index (χ0v) is 11.0. The van der Waals surface area contributed by atoms with Crippen molar-refractivity contribution >= 4 is 35.1 Å². The Balaban J connectivity index is 3.40. The molecular weight excluding hydrogens is 269 g/mol. The van der Waals surface area contributed by atoms with Gasteiger partial charge in [-0.3, -0.25) is 0 Å². The highest BCUT2D eigenvalue weighted by atomic mass is 35.5. The van der Waals surface area contributed by atoms with Crippen molar-refractivity contribution in [2.75, 3.05) is 14.2 Å². The average Bonchev–Trinajstić information content (AvgIpc) is 2.65. The number of methoxy groups -OCH3 is 2. The summed E-state index contributed by atoms with van der Waals surface area (Å²) in [5.74, 6) is -1.22. The number of esters is 2. The fraction of sp³-hybridized carbons (Fsp3) is 0.400. The Morgan fingerprint density at radius 3 is 2.12 bits per heavy atom. The van der Waals surface area contributed by atoms with Gasteiger partial charge in [-0.2, -0.15) is 0 Å². The molecule has 0 bridgehead atoms. The van der Waals surface area contributed by atoms with Gasteiger partial charge in [0, 0.05) is 0 Å². The third kappa shape index (κ3) is 2.56. The quantitative estimate of drug-likeness (QED) is 0.681. The molecule has 0 atom stereocenters. The molecule has 1 heterocycles. The fourth-order valence-corrected chi connectivity index (χ4v) is 1.78. The van der Waals surface area contributed by atoms with Crippen LogP contribution in [-0.2, 0) is 9.47 Å². The standard InChI is InChI=1S/C10H11Cl2NO4/c1-4-5(9(14)16-2)7(8(11)12)13-6(4)10(15)17-3/h8,13H,1-3H3. The van der Waals surface area contributed by atoms with Crippen LogP contribution in [0.25, 0.3) is 0 Å². The number of alkyl halides is 2. The van der Waals surface area contributed by atoms with Crippen LogP contribution in [0.2, 0.25) is 0 Å². The Morgan fingerprint density at radius 1 is 1.18 bits per heavy atom. The Labute approximate surface area is 108 Å². The predicted molar refractivity (Wildman–Crippen MR) is 62.7 cm³/mol. The maximum Gasteiger partial charge on any atom is 0.354 e. The molecule has 1 rings (SSSR count). The molecule has 0 radical (unpaired) electrons. The largest absolute Gasteiger partial charge is 0.465 e. The number of rotatable bonds is 3. The molecule has 0 amide bonds. The van der Waals surface area contributed by atoms with E-state index in [1.807, 2.05) is 0 Å². The number of hydrogen-bond donors (Lipinski definition) is 1. The highest BCUT2D eigenvalue weighted by Crippen LogP contribution is 2.31. The molecule has 0 aliphatic carbocycles. The van der Waals surface area contributed by atoms with E-state index in [4.69, 9.17) is 23.2 Å². The van der Waals surface area contributed by atoms with E-state index in [1.165, 1.54) is 14.2 Å². The molecule has 0 fully saturated rings. The number of aromatic amines is 1. The van der Waals surface area contributed by atoms with Crippen LogP contribution in [0.15, 0.2) is 0 Å². The van der Waals surface area contributed by atoms with Crippen LogP contribution in [0, 0.1) is 6.92 Å². The summed E-state index contributed by atoms with van der Waals surface area (Å²) in [6.07, 6.45) is 0. The summed E-state index contributed by atoms with van der Waals surface area (Å²) in [5.41, 5.74) is 0.903. The summed E-state index contributed by atoms with van der Waals surface area (Å²) in [6.45, 7) is 1.58. The van der Waals surface area contributed by atoms with Gasteiger partial charge in [0.25, 0.3) is 0 Å². The lowest BCUT2D eigenvalue weighted by Gasteiger charge is -2.03. The number of hydrogen-bond acceptors (Lipinski definition) is 4. The summed E-state index contributed by atoms with van der Waals surface area (Å²) in [5, 5.41) is 0. The number of nitrogens with one attached hydrogen (secondary N) is 1. The SMILES string of the molecule is COC(=O)c1[nH]c(C(Cl)Cl)c(C(=O)OC)c1C. The molecule has 0 saturated heterocycles. The van der Waals surface area contributed by atoms with Crippen LogP contribution in [0.5, 0.6) is 0 Å². The van der Waals surface area contributed by atoms with Crippen molar-refractivity contribution < 1.29 is 19.1 Å². The monoisotopic (exact) mass is 279 g/mol. The molecule has 0 aliphatic heterocycles. The van der Waals surface area contributed by atoms with Crippen molar-refractivity contribution in [1.29, 1.82) is 0 Å². The van der Waals surface area contributed by atoms with Gasteiger partial charge in [-0.15, -0.1) is 0 Å². The highest BCUT2D eigenvalue weighted by Gasteiger charge is 2.27. The van der Waals surface area contributed by atoms with E-state index in [0.717, 1.165) is 0 Å². The van der Waals surface area contributed by atoms with Crippen molar-refractivity contribution in [3.63, 3.8) is 0 Å². The highest BCUT2D eigenvalue weighted by molar-refractivity contribution is 6.44. The van der Waals surface area contributed by atoms with Crippen molar-refractivity contribution in [2.45, 2.75) is 11.8 Å². The topological polar surface area (TPSA) is 68.4 Å². The zero-order chi connectivity index (χ0) is 13.2. The normalized spacial score (nSPS) is 10.5.